The van der Waals surface area contributed by atoms with Gasteiger partial charge in [-0.25, -0.2) is 0 Å². The Morgan fingerprint density at radius 2 is 1.82 bits per heavy atom. The van der Waals surface area contributed by atoms with E-state index in [4.69, 9.17) is 14.2 Å². The van der Waals surface area contributed by atoms with Gasteiger partial charge in [-0.2, -0.15) is 0 Å². The third-order valence-corrected chi connectivity index (χ3v) is 5.24. The molecule has 0 spiro atoms. The third kappa shape index (κ3) is 5.47. The monoisotopic (exact) mass is 389 g/mol. The van der Waals surface area contributed by atoms with Crippen molar-refractivity contribution in [3.63, 3.8) is 0 Å². The maximum Gasteiger partial charge on any atom is 0.306 e. The minimum absolute atomic E-state index is 0.0136. The minimum atomic E-state index is -0.558. The second-order valence-corrected chi connectivity index (χ2v) is 7.38. The summed E-state index contributed by atoms with van der Waals surface area (Å²) in [7, 11) is 0. The number of benzene rings is 1. The molecule has 2 aliphatic rings. The van der Waals surface area contributed by atoms with Gasteiger partial charge in [0.05, 0.1) is 6.42 Å². The summed E-state index contributed by atoms with van der Waals surface area (Å²) < 4.78 is 15.9. The largest absolute Gasteiger partial charge is 0.486 e. The van der Waals surface area contributed by atoms with Crippen molar-refractivity contribution < 1.29 is 28.6 Å². The number of hydrogen-bond acceptors (Lipinski definition) is 6. The molecule has 1 aliphatic carbocycles. The molecule has 7 nitrogen and oxygen atoms in total. The fourth-order valence-corrected chi connectivity index (χ4v) is 3.57. The van der Waals surface area contributed by atoms with Crippen molar-refractivity contribution in [1.29, 1.82) is 0 Å². The SMILES string of the molecule is CC1CCCCC1NC(=O)COC(=O)CCC(=O)c1ccc2c(c1)OCCO2. The van der Waals surface area contributed by atoms with Crippen LogP contribution in [-0.4, -0.2) is 43.5 Å². The van der Waals surface area contributed by atoms with Gasteiger partial charge in [0.15, 0.2) is 23.9 Å². The summed E-state index contributed by atoms with van der Waals surface area (Å²) in [5.74, 6) is 0.559. The minimum Gasteiger partial charge on any atom is -0.486 e. The van der Waals surface area contributed by atoms with Crippen LogP contribution in [0.1, 0.15) is 55.8 Å². The molecule has 2 atom stereocenters. The van der Waals surface area contributed by atoms with E-state index in [1.54, 1.807) is 18.2 Å². The number of ether oxygens (including phenoxy) is 3. The van der Waals surface area contributed by atoms with Crippen molar-refractivity contribution in [3.05, 3.63) is 23.8 Å². The quantitative estimate of drug-likeness (QED) is 0.569. The van der Waals surface area contributed by atoms with E-state index in [-0.39, 0.29) is 37.2 Å². The Morgan fingerprint density at radius 3 is 2.61 bits per heavy atom. The van der Waals surface area contributed by atoms with Gasteiger partial charge in [-0.05, 0) is 37.0 Å². The molecular formula is C21H27NO6. The molecule has 0 saturated heterocycles. The second kappa shape index (κ2) is 9.57. The highest BCUT2D eigenvalue weighted by Gasteiger charge is 2.23. The van der Waals surface area contributed by atoms with Crippen LogP contribution in [0.4, 0.5) is 0 Å². The van der Waals surface area contributed by atoms with Crippen LogP contribution in [-0.2, 0) is 14.3 Å². The fraction of sp³-hybridized carbons (Fsp3) is 0.571. The van der Waals surface area contributed by atoms with Gasteiger partial charge in [0.1, 0.15) is 13.2 Å². The van der Waals surface area contributed by atoms with Gasteiger partial charge in [0.2, 0.25) is 0 Å². The van der Waals surface area contributed by atoms with Crippen molar-refractivity contribution in [3.8, 4) is 11.5 Å². The van der Waals surface area contributed by atoms with Crippen LogP contribution in [0.2, 0.25) is 0 Å². The van der Waals surface area contributed by atoms with Crippen LogP contribution in [0.3, 0.4) is 0 Å². The number of carbonyl (C=O) groups is 3. The number of rotatable bonds is 7. The summed E-state index contributed by atoms with van der Waals surface area (Å²) in [6.45, 7) is 2.75. The van der Waals surface area contributed by atoms with Gasteiger partial charge < -0.3 is 19.5 Å². The van der Waals surface area contributed by atoms with E-state index in [1.807, 2.05) is 0 Å². The first-order valence-corrected chi connectivity index (χ1v) is 9.91. The first-order chi connectivity index (χ1) is 13.5. The topological polar surface area (TPSA) is 90.9 Å². The molecule has 1 N–H and O–H groups in total. The first-order valence-electron chi connectivity index (χ1n) is 9.91. The Kier molecular flexibility index (Phi) is 6.90. The average Bonchev–Trinajstić information content (AvgIpc) is 2.71. The molecule has 2 unspecified atom stereocenters. The highest BCUT2D eigenvalue weighted by Crippen LogP contribution is 2.31. The maximum absolute atomic E-state index is 12.3. The van der Waals surface area contributed by atoms with E-state index in [2.05, 4.69) is 12.2 Å². The second-order valence-electron chi connectivity index (χ2n) is 7.38. The zero-order valence-corrected chi connectivity index (χ0v) is 16.2. The zero-order chi connectivity index (χ0) is 19.9. The molecule has 1 aliphatic heterocycles. The lowest BCUT2D eigenvalue weighted by atomic mass is 9.86. The molecule has 1 fully saturated rings. The maximum atomic E-state index is 12.3. The van der Waals surface area contributed by atoms with E-state index < -0.39 is 5.97 Å². The van der Waals surface area contributed by atoms with E-state index in [9.17, 15) is 14.4 Å². The molecule has 0 radical (unpaired) electrons. The van der Waals surface area contributed by atoms with Crippen LogP contribution in [0.25, 0.3) is 0 Å². The van der Waals surface area contributed by atoms with Gasteiger partial charge in [-0.3, -0.25) is 14.4 Å². The molecule has 0 aromatic heterocycles. The van der Waals surface area contributed by atoms with Crippen LogP contribution < -0.4 is 14.8 Å². The number of esters is 1. The molecule has 152 valence electrons. The van der Waals surface area contributed by atoms with Crippen LogP contribution in [0.15, 0.2) is 18.2 Å². The van der Waals surface area contributed by atoms with Gasteiger partial charge >= 0.3 is 5.97 Å². The summed E-state index contributed by atoms with van der Waals surface area (Å²) >= 11 is 0. The Balaban J connectivity index is 1.39. The van der Waals surface area contributed by atoms with Crippen molar-refractivity contribution in [2.45, 2.75) is 51.5 Å². The lowest BCUT2D eigenvalue weighted by Gasteiger charge is -2.29. The highest BCUT2D eigenvalue weighted by atomic mass is 16.6. The Morgan fingerprint density at radius 1 is 1.07 bits per heavy atom. The molecule has 1 amide bonds. The van der Waals surface area contributed by atoms with Crippen LogP contribution in [0, 0.1) is 5.92 Å². The highest BCUT2D eigenvalue weighted by molar-refractivity contribution is 5.98. The summed E-state index contributed by atoms with van der Waals surface area (Å²) in [5.41, 5.74) is 0.459. The van der Waals surface area contributed by atoms with Gasteiger partial charge in [-0.15, -0.1) is 0 Å². The molecule has 28 heavy (non-hydrogen) atoms. The van der Waals surface area contributed by atoms with Crippen LogP contribution >= 0.6 is 0 Å². The van der Waals surface area contributed by atoms with Crippen molar-refractivity contribution in [1.82, 2.24) is 5.32 Å². The van der Waals surface area contributed by atoms with Gasteiger partial charge in [0, 0.05) is 18.0 Å². The van der Waals surface area contributed by atoms with E-state index in [0.29, 0.717) is 36.2 Å². The third-order valence-electron chi connectivity index (χ3n) is 5.24. The van der Waals surface area contributed by atoms with E-state index >= 15 is 0 Å². The molecule has 1 aromatic carbocycles. The standard InChI is InChI=1S/C21H27NO6/c1-14-4-2-3-5-16(14)22-20(24)13-28-21(25)9-7-17(23)15-6-8-18-19(12-15)27-11-10-26-18/h6,8,12,14,16H,2-5,7,9-11,13H2,1H3,(H,22,24). The zero-order valence-electron chi connectivity index (χ0n) is 16.2. The number of ketones is 1. The molecule has 1 aromatic rings. The molecule has 0 bridgehead atoms. The van der Waals surface area contributed by atoms with Crippen molar-refractivity contribution >= 4 is 17.7 Å². The number of hydrogen-bond donors (Lipinski definition) is 1. The number of Topliss-reactive ketones (excluding diaryl/α,β-unsaturated/α-hetero) is 1. The number of fused-ring (bicyclic) bond motifs is 1. The lowest BCUT2D eigenvalue weighted by molar-refractivity contribution is -0.148. The summed E-state index contributed by atoms with van der Waals surface area (Å²) in [6, 6.07) is 5.12. The fourth-order valence-electron chi connectivity index (χ4n) is 3.57. The average molecular weight is 389 g/mol. The number of nitrogens with one attached hydrogen (secondary N) is 1. The van der Waals surface area contributed by atoms with Gasteiger partial charge in [-0.1, -0.05) is 19.8 Å². The Labute approximate surface area is 164 Å². The predicted molar refractivity (Wildman–Crippen MR) is 102 cm³/mol. The summed E-state index contributed by atoms with van der Waals surface area (Å²) in [6.07, 6.45) is 4.31. The molecule has 1 saturated carbocycles. The molecular weight excluding hydrogens is 362 g/mol. The van der Waals surface area contributed by atoms with Crippen LogP contribution in [0.5, 0.6) is 11.5 Å². The number of amides is 1. The van der Waals surface area contributed by atoms with E-state index in [1.165, 1.54) is 6.42 Å². The van der Waals surface area contributed by atoms with Crippen molar-refractivity contribution in [2.75, 3.05) is 19.8 Å². The van der Waals surface area contributed by atoms with E-state index in [0.717, 1.165) is 19.3 Å². The first kappa shape index (κ1) is 20.2. The predicted octanol–water partition coefficient (Wildman–Crippen LogP) is 2.66. The normalized spacial score (nSPS) is 20.9. The van der Waals surface area contributed by atoms with Gasteiger partial charge in [0.25, 0.3) is 5.91 Å². The Hall–Kier alpha value is -2.57. The number of carbonyl (C=O) groups excluding carboxylic acids is 3. The smallest absolute Gasteiger partial charge is 0.306 e. The molecule has 1 heterocycles. The molecule has 7 heteroatoms. The lowest BCUT2D eigenvalue weighted by Crippen LogP contribution is -2.42. The Bertz CT molecular complexity index is 732. The molecule has 3 rings (SSSR count). The summed E-state index contributed by atoms with van der Waals surface area (Å²) in [4.78, 5) is 36.1. The summed E-state index contributed by atoms with van der Waals surface area (Å²) in [5, 5.41) is 2.93. The van der Waals surface area contributed by atoms with Crippen molar-refractivity contribution in [2.24, 2.45) is 5.92 Å².